The molecule has 1 N–H and O–H groups in total. The molecular formula is C18H20N2O3. The first-order valence-corrected chi connectivity index (χ1v) is 7.56. The summed E-state index contributed by atoms with van der Waals surface area (Å²) >= 11 is 0. The lowest BCUT2D eigenvalue weighted by atomic mass is 10.0. The van der Waals surface area contributed by atoms with Crippen LogP contribution in [0.3, 0.4) is 0 Å². The number of nitrogens with zero attached hydrogens (tertiary/aromatic N) is 1. The molecule has 0 fully saturated rings. The lowest BCUT2D eigenvalue weighted by Gasteiger charge is -2.07. The van der Waals surface area contributed by atoms with Crippen LogP contribution in [0.4, 0.5) is 11.4 Å². The van der Waals surface area contributed by atoms with Crippen LogP contribution in [0.2, 0.25) is 0 Å². The van der Waals surface area contributed by atoms with Crippen molar-refractivity contribution in [3.63, 3.8) is 0 Å². The van der Waals surface area contributed by atoms with Gasteiger partial charge in [0.05, 0.1) is 11.3 Å². The molecule has 0 aliphatic carbocycles. The fourth-order valence-electron chi connectivity index (χ4n) is 2.35. The third-order valence-electron chi connectivity index (χ3n) is 3.37. The number of hydrogen-bond donors (Lipinski definition) is 1. The van der Waals surface area contributed by atoms with Gasteiger partial charge >= 0.3 is 0 Å². The van der Waals surface area contributed by atoms with Gasteiger partial charge < -0.3 is 5.32 Å². The van der Waals surface area contributed by atoms with Gasteiger partial charge in [-0.1, -0.05) is 44.2 Å². The molecule has 120 valence electrons. The number of non-ortho nitro benzene ring substituents is 1. The summed E-state index contributed by atoms with van der Waals surface area (Å²) in [6.07, 6.45) is 1.25. The van der Waals surface area contributed by atoms with Gasteiger partial charge in [-0.05, 0) is 29.5 Å². The molecule has 0 bridgehead atoms. The van der Waals surface area contributed by atoms with Crippen LogP contribution >= 0.6 is 0 Å². The van der Waals surface area contributed by atoms with Crippen molar-refractivity contribution in [2.24, 2.45) is 5.92 Å². The van der Waals surface area contributed by atoms with Crippen LogP contribution in [0.5, 0.6) is 0 Å². The summed E-state index contributed by atoms with van der Waals surface area (Å²) in [7, 11) is 0. The maximum absolute atomic E-state index is 12.0. The molecule has 0 radical (unpaired) electrons. The Morgan fingerprint density at radius 2 is 1.78 bits per heavy atom. The molecule has 0 aliphatic heterocycles. The van der Waals surface area contributed by atoms with E-state index in [1.54, 1.807) is 12.1 Å². The molecule has 0 heterocycles. The van der Waals surface area contributed by atoms with Crippen molar-refractivity contribution in [3.05, 3.63) is 69.8 Å². The summed E-state index contributed by atoms with van der Waals surface area (Å²) in [5, 5.41) is 13.4. The average molecular weight is 312 g/mol. The third-order valence-corrected chi connectivity index (χ3v) is 3.37. The maximum Gasteiger partial charge on any atom is 0.271 e. The Hall–Kier alpha value is -2.69. The Kier molecular flexibility index (Phi) is 5.46. The summed E-state index contributed by atoms with van der Waals surface area (Å²) in [6, 6.07) is 13.9. The van der Waals surface area contributed by atoms with Gasteiger partial charge in [0.25, 0.3) is 5.69 Å². The van der Waals surface area contributed by atoms with E-state index in [1.807, 2.05) is 24.3 Å². The van der Waals surface area contributed by atoms with Gasteiger partial charge in [0.1, 0.15) is 0 Å². The van der Waals surface area contributed by atoms with Crippen molar-refractivity contribution >= 4 is 17.3 Å². The topological polar surface area (TPSA) is 72.2 Å². The first-order chi connectivity index (χ1) is 10.9. The highest BCUT2D eigenvalue weighted by atomic mass is 16.6. The Balaban J connectivity index is 1.96. The molecule has 2 aromatic carbocycles. The maximum atomic E-state index is 12.0. The second-order valence-electron chi connectivity index (χ2n) is 5.95. The smallest absolute Gasteiger partial charge is 0.271 e. The zero-order valence-electron chi connectivity index (χ0n) is 13.3. The van der Waals surface area contributed by atoms with Crippen molar-refractivity contribution in [2.75, 3.05) is 5.32 Å². The average Bonchev–Trinajstić information content (AvgIpc) is 2.49. The third kappa shape index (κ3) is 5.21. The van der Waals surface area contributed by atoms with Gasteiger partial charge in [0, 0.05) is 17.8 Å². The highest BCUT2D eigenvalue weighted by Gasteiger charge is 2.09. The van der Waals surface area contributed by atoms with E-state index in [0.717, 1.165) is 12.0 Å². The van der Waals surface area contributed by atoms with Gasteiger partial charge in [-0.2, -0.15) is 0 Å². The molecule has 5 heteroatoms. The van der Waals surface area contributed by atoms with Crippen molar-refractivity contribution in [2.45, 2.75) is 26.7 Å². The molecule has 5 nitrogen and oxygen atoms in total. The highest BCUT2D eigenvalue weighted by molar-refractivity contribution is 5.92. The fraction of sp³-hybridized carbons (Fsp3) is 0.278. The number of hydrogen-bond acceptors (Lipinski definition) is 3. The zero-order chi connectivity index (χ0) is 16.8. The number of rotatable bonds is 6. The SMILES string of the molecule is CC(C)Cc1ccc(CC(=O)Nc2cccc([N+](=O)[O-])c2)cc1. The van der Waals surface area contributed by atoms with Crippen LogP contribution in [0.25, 0.3) is 0 Å². The Morgan fingerprint density at radius 1 is 1.13 bits per heavy atom. The minimum absolute atomic E-state index is 0.0409. The van der Waals surface area contributed by atoms with Crippen molar-refractivity contribution in [3.8, 4) is 0 Å². The lowest BCUT2D eigenvalue weighted by molar-refractivity contribution is -0.384. The van der Waals surface area contributed by atoms with Crippen LogP contribution in [0.15, 0.2) is 48.5 Å². The summed E-state index contributed by atoms with van der Waals surface area (Å²) in [5.41, 5.74) is 2.56. The number of nitrogens with one attached hydrogen (secondary N) is 1. The summed E-state index contributed by atoms with van der Waals surface area (Å²) in [6.45, 7) is 4.33. The number of amides is 1. The standard InChI is InChI=1S/C18H20N2O3/c1-13(2)10-14-6-8-15(9-7-14)11-18(21)19-16-4-3-5-17(12-16)20(22)23/h3-9,12-13H,10-11H2,1-2H3,(H,19,21). The first-order valence-electron chi connectivity index (χ1n) is 7.56. The molecule has 0 spiro atoms. The van der Waals surface area contributed by atoms with E-state index >= 15 is 0 Å². The van der Waals surface area contributed by atoms with Crippen molar-refractivity contribution in [1.29, 1.82) is 0 Å². The molecule has 0 saturated heterocycles. The molecule has 1 amide bonds. The number of carbonyl (C=O) groups is 1. The number of benzene rings is 2. The van der Waals surface area contributed by atoms with E-state index in [0.29, 0.717) is 11.6 Å². The van der Waals surface area contributed by atoms with Crippen LogP contribution < -0.4 is 5.32 Å². The van der Waals surface area contributed by atoms with Crippen LogP contribution in [-0.4, -0.2) is 10.8 Å². The molecule has 0 saturated carbocycles. The van der Waals surface area contributed by atoms with Crippen LogP contribution in [0, 0.1) is 16.0 Å². The van der Waals surface area contributed by atoms with E-state index < -0.39 is 4.92 Å². The number of anilines is 1. The number of carbonyl (C=O) groups excluding carboxylic acids is 1. The zero-order valence-corrected chi connectivity index (χ0v) is 13.3. The normalized spacial score (nSPS) is 10.6. The van der Waals surface area contributed by atoms with Gasteiger partial charge in [0.2, 0.25) is 5.91 Å². The van der Waals surface area contributed by atoms with E-state index in [9.17, 15) is 14.9 Å². The monoisotopic (exact) mass is 312 g/mol. The Morgan fingerprint density at radius 3 is 2.39 bits per heavy atom. The predicted molar refractivity (Wildman–Crippen MR) is 90.4 cm³/mol. The van der Waals surface area contributed by atoms with Gasteiger partial charge in [-0.15, -0.1) is 0 Å². The first kappa shape index (κ1) is 16.7. The van der Waals surface area contributed by atoms with Gasteiger partial charge in [0.15, 0.2) is 0 Å². The van der Waals surface area contributed by atoms with E-state index in [1.165, 1.54) is 17.7 Å². The van der Waals surface area contributed by atoms with E-state index in [2.05, 4.69) is 19.2 Å². The molecule has 0 unspecified atom stereocenters. The number of nitro benzene ring substituents is 1. The molecular weight excluding hydrogens is 292 g/mol. The predicted octanol–water partition coefficient (Wildman–Crippen LogP) is 3.97. The summed E-state index contributed by atoms with van der Waals surface area (Å²) in [5.74, 6) is 0.403. The molecule has 0 atom stereocenters. The highest BCUT2D eigenvalue weighted by Crippen LogP contribution is 2.17. The van der Waals surface area contributed by atoms with Crippen LogP contribution in [0.1, 0.15) is 25.0 Å². The molecule has 2 aromatic rings. The van der Waals surface area contributed by atoms with Crippen LogP contribution in [-0.2, 0) is 17.6 Å². The minimum Gasteiger partial charge on any atom is -0.326 e. The van der Waals surface area contributed by atoms with E-state index in [4.69, 9.17) is 0 Å². The molecule has 0 aliphatic rings. The molecule has 2 rings (SSSR count). The van der Waals surface area contributed by atoms with Crippen molar-refractivity contribution in [1.82, 2.24) is 0 Å². The summed E-state index contributed by atoms with van der Waals surface area (Å²) in [4.78, 5) is 22.3. The van der Waals surface area contributed by atoms with Gasteiger partial charge in [-0.25, -0.2) is 0 Å². The van der Waals surface area contributed by atoms with E-state index in [-0.39, 0.29) is 18.0 Å². The minimum atomic E-state index is -0.483. The van der Waals surface area contributed by atoms with Crippen molar-refractivity contribution < 1.29 is 9.72 Å². The Bertz CT molecular complexity index is 694. The summed E-state index contributed by atoms with van der Waals surface area (Å²) < 4.78 is 0. The largest absolute Gasteiger partial charge is 0.326 e. The second kappa shape index (κ2) is 7.54. The molecule has 23 heavy (non-hydrogen) atoms. The number of nitro groups is 1. The van der Waals surface area contributed by atoms with Gasteiger partial charge in [-0.3, -0.25) is 14.9 Å². The second-order valence-corrected chi connectivity index (χ2v) is 5.95. The lowest BCUT2D eigenvalue weighted by Crippen LogP contribution is -2.14. The fourth-order valence-corrected chi connectivity index (χ4v) is 2.35. The quantitative estimate of drug-likeness (QED) is 0.648. The Labute approximate surface area is 135 Å². The molecule has 0 aromatic heterocycles.